The molecule has 0 aromatic heterocycles. The maximum Gasteiger partial charge on any atom is 0.125 e. The first-order chi connectivity index (χ1) is 7.02. The van der Waals surface area contributed by atoms with Crippen molar-refractivity contribution in [2.75, 3.05) is 7.11 Å². The van der Waals surface area contributed by atoms with Gasteiger partial charge in [-0.2, -0.15) is 5.26 Å². The number of hydrogen-bond donors (Lipinski definition) is 1. The van der Waals surface area contributed by atoms with E-state index >= 15 is 0 Å². The lowest BCUT2D eigenvalue weighted by molar-refractivity contribution is 0.407. The summed E-state index contributed by atoms with van der Waals surface area (Å²) in [6.45, 7) is 3.73. The van der Waals surface area contributed by atoms with Crippen LogP contribution in [0.5, 0.6) is 5.75 Å². The number of aryl methyl sites for hydroxylation is 1. The highest BCUT2D eigenvalue weighted by Crippen LogP contribution is 2.34. The van der Waals surface area contributed by atoms with Crippen molar-refractivity contribution in [3.05, 3.63) is 27.8 Å². The van der Waals surface area contributed by atoms with Crippen molar-refractivity contribution < 1.29 is 4.74 Å². The van der Waals surface area contributed by atoms with Crippen LogP contribution in [0, 0.1) is 25.2 Å². The van der Waals surface area contributed by atoms with E-state index in [1.807, 2.05) is 19.9 Å². The third kappa shape index (κ3) is 2.06. The molecule has 0 amide bonds. The molecule has 1 unspecified atom stereocenters. The molecular weight excluding hydrogens is 212 g/mol. The topological polar surface area (TPSA) is 59.0 Å². The fourth-order valence-electron chi connectivity index (χ4n) is 1.56. The highest BCUT2D eigenvalue weighted by atomic mass is 35.5. The summed E-state index contributed by atoms with van der Waals surface area (Å²) in [7, 11) is 1.55. The second kappa shape index (κ2) is 4.52. The molecular formula is C11H13ClN2O. The zero-order chi connectivity index (χ0) is 11.6. The number of hydrogen-bond acceptors (Lipinski definition) is 3. The Bertz CT molecular complexity index is 424. The van der Waals surface area contributed by atoms with Crippen molar-refractivity contribution in [2.24, 2.45) is 5.73 Å². The summed E-state index contributed by atoms with van der Waals surface area (Å²) >= 11 is 6.09. The third-order valence-electron chi connectivity index (χ3n) is 2.36. The molecule has 0 radical (unpaired) electrons. The molecule has 1 atom stereocenters. The van der Waals surface area contributed by atoms with Gasteiger partial charge in [0, 0.05) is 10.6 Å². The van der Waals surface area contributed by atoms with E-state index in [-0.39, 0.29) is 0 Å². The number of rotatable bonds is 2. The van der Waals surface area contributed by atoms with Crippen LogP contribution in [0.3, 0.4) is 0 Å². The molecule has 15 heavy (non-hydrogen) atoms. The maximum atomic E-state index is 8.82. The van der Waals surface area contributed by atoms with Gasteiger partial charge in [-0.25, -0.2) is 0 Å². The molecule has 0 bridgehead atoms. The second-order valence-electron chi connectivity index (χ2n) is 3.36. The van der Waals surface area contributed by atoms with Crippen LogP contribution in [-0.2, 0) is 0 Å². The van der Waals surface area contributed by atoms with Gasteiger partial charge in [-0.05, 0) is 31.0 Å². The van der Waals surface area contributed by atoms with Gasteiger partial charge in [0.05, 0.1) is 13.2 Å². The van der Waals surface area contributed by atoms with Crippen LogP contribution < -0.4 is 10.5 Å². The van der Waals surface area contributed by atoms with Gasteiger partial charge in [-0.3, -0.25) is 0 Å². The van der Waals surface area contributed by atoms with E-state index in [1.165, 1.54) is 0 Å². The Hall–Kier alpha value is -1.24. The molecule has 1 aromatic rings. The molecule has 0 saturated carbocycles. The van der Waals surface area contributed by atoms with Crippen LogP contribution in [0.2, 0.25) is 5.02 Å². The Kier molecular flexibility index (Phi) is 3.57. The molecule has 2 N–H and O–H groups in total. The monoisotopic (exact) mass is 224 g/mol. The van der Waals surface area contributed by atoms with E-state index in [9.17, 15) is 0 Å². The molecule has 0 spiro atoms. The fraction of sp³-hybridized carbons (Fsp3) is 0.364. The summed E-state index contributed by atoms with van der Waals surface area (Å²) in [5, 5.41) is 9.45. The van der Waals surface area contributed by atoms with Crippen molar-refractivity contribution in [1.29, 1.82) is 5.26 Å². The quantitative estimate of drug-likeness (QED) is 0.840. The zero-order valence-corrected chi connectivity index (χ0v) is 9.72. The van der Waals surface area contributed by atoms with Crippen LogP contribution in [0.15, 0.2) is 6.07 Å². The highest BCUT2D eigenvalue weighted by Gasteiger charge is 2.17. The lowest BCUT2D eigenvalue weighted by atomic mass is 9.99. The molecule has 0 aliphatic rings. The minimum atomic E-state index is -0.710. The van der Waals surface area contributed by atoms with E-state index in [0.29, 0.717) is 16.3 Å². The average Bonchev–Trinajstić information content (AvgIpc) is 2.24. The number of nitrogens with zero attached hydrogens (tertiary/aromatic N) is 1. The summed E-state index contributed by atoms with van der Waals surface area (Å²) in [6, 6.07) is 3.07. The second-order valence-corrected chi connectivity index (χ2v) is 3.73. The number of methoxy groups -OCH3 is 1. The molecule has 0 saturated heterocycles. The number of ether oxygens (including phenoxy) is 1. The fourth-order valence-corrected chi connectivity index (χ4v) is 1.71. The molecule has 0 aliphatic carbocycles. The first kappa shape index (κ1) is 11.8. The minimum absolute atomic E-state index is 0.614. The average molecular weight is 225 g/mol. The largest absolute Gasteiger partial charge is 0.496 e. The van der Waals surface area contributed by atoms with Crippen molar-refractivity contribution in [3.63, 3.8) is 0 Å². The smallest absolute Gasteiger partial charge is 0.125 e. The van der Waals surface area contributed by atoms with E-state index in [0.717, 1.165) is 11.1 Å². The van der Waals surface area contributed by atoms with Crippen molar-refractivity contribution in [2.45, 2.75) is 19.9 Å². The first-order valence-corrected chi connectivity index (χ1v) is 4.89. The Morgan fingerprint density at radius 2 is 2.13 bits per heavy atom. The van der Waals surface area contributed by atoms with Crippen molar-refractivity contribution >= 4 is 11.6 Å². The highest BCUT2D eigenvalue weighted by molar-refractivity contribution is 6.32. The van der Waals surface area contributed by atoms with Gasteiger partial charge in [0.25, 0.3) is 0 Å². The van der Waals surface area contributed by atoms with Gasteiger partial charge in [0.1, 0.15) is 11.8 Å². The number of halogens is 1. The normalized spacial score (nSPS) is 12.0. The van der Waals surface area contributed by atoms with E-state index in [1.54, 1.807) is 13.2 Å². The van der Waals surface area contributed by atoms with Crippen LogP contribution in [0.25, 0.3) is 0 Å². The first-order valence-electron chi connectivity index (χ1n) is 4.51. The molecule has 1 rings (SSSR count). The molecule has 1 aromatic carbocycles. The minimum Gasteiger partial charge on any atom is -0.496 e. The lowest BCUT2D eigenvalue weighted by Crippen LogP contribution is -2.11. The summed E-state index contributed by atoms with van der Waals surface area (Å²) in [6.07, 6.45) is 0. The van der Waals surface area contributed by atoms with E-state index in [4.69, 9.17) is 27.3 Å². The van der Waals surface area contributed by atoms with Gasteiger partial charge in [-0.15, -0.1) is 0 Å². The van der Waals surface area contributed by atoms with Crippen LogP contribution in [0.1, 0.15) is 22.7 Å². The number of nitriles is 1. The Morgan fingerprint density at radius 1 is 1.53 bits per heavy atom. The maximum absolute atomic E-state index is 8.82. The molecule has 0 aliphatic heterocycles. The summed E-state index contributed by atoms with van der Waals surface area (Å²) in [5.41, 5.74) is 8.08. The Balaban J connectivity index is 3.48. The summed E-state index contributed by atoms with van der Waals surface area (Å²) in [5.74, 6) is 0.614. The standard InChI is InChI=1S/C11H13ClN2O/c1-6-4-9(15-3)10(8(14)5-13)7(2)11(6)12/h4,8H,14H2,1-3H3. The predicted octanol–water partition coefficient (Wildman–Crippen LogP) is 2.49. The van der Waals surface area contributed by atoms with Gasteiger partial charge in [0.15, 0.2) is 0 Å². The molecule has 3 nitrogen and oxygen atoms in total. The van der Waals surface area contributed by atoms with Crippen LogP contribution >= 0.6 is 11.6 Å². The van der Waals surface area contributed by atoms with Gasteiger partial charge >= 0.3 is 0 Å². The van der Waals surface area contributed by atoms with E-state index in [2.05, 4.69) is 0 Å². The number of benzene rings is 1. The molecule has 0 fully saturated rings. The number of nitrogens with two attached hydrogens (primary N) is 1. The molecule has 80 valence electrons. The molecule has 4 heteroatoms. The van der Waals surface area contributed by atoms with Gasteiger partial charge in [0.2, 0.25) is 0 Å². The zero-order valence-electron chi connectivity index (χ0n) is 8.97. The lowest BCUT2D eigenvalue weighted by Gasteiger charge is -2.16. The van der Waals surface area contributed by atoms with Crippen LogP contribution in [-0.4, -0.2) is 7.11 Å². The summed E-state index contributed by atoms with van der Waals surface area (Å²) < 4.78 is 5.20. The third-order valence-corrected chi connectivity index (χ3v) is 2.94. The van der Waals surface area contributed by atoms with Gasteiger partial charge < -0.3 is 10.5 Å². The Labute approximate surface area is 94.4 Å². The van der Waals surface area contributed by atoms with Gasteiger partial charge in [-0.1, -0.05) is 11.6 Å². The Morgan fingerprint density at radius 3 is 2.60 bits per heavy atom. The van der Waals surface area contributed by atoms with Crippen LogP contribution in [0.4, 0.5) is 0 Å². The molecule has 0 heterocycles. The van der Waals surface area contributed by atoms with E-state index < -0.39 is 6.04 Å². The summed E-state index contributed by atoms with van der Waals surface area (Å²) in [4.78, 5) is 0. The van der Waals surface area contributed by atoms with Crippen molar-refractivity contribution in [3.8, 4) is 11.8 Å². The van der Waals surface area contributed by atoms with Crippen molar-refractivity contribution in [1.82, 2.24) is 0 Å². The SMILES string of the molecule is COc1cc(C)c(Cl)c(C)c1C(N)C#N. The predicted molar refractivity (Wildman–Crippen MR) is 60.0 cm³/mol.